The Bertz CT molecular complexity index is 1040. The highest BCUT2D eigenvalue weighted by atomic mass is 32.2. The Kier molecular flexibility index (Phi) is 5.30. The fourth-order valence-electron chi connectivity index (χ4n) is 2.74. The molecule has 1 fully saturated rings. The summed E-state index contributed by atoms with van der Waals surface area (Å²) in [6.45, 7) is 2.55. The average Bonchev–Trinajstić information content (AvgIpc) is 3.31. The SMILES string of the molecule is CCOc1ccc(N=C2NC(=O)SC2=Cc2ccc(-c3ccccc3)o2)cc1. The number of benzene rings is 2. The molecule has 0 saturated carbocycles. The predicted molar refractivity (Wildman–Crippen MR) is 113 cm³/mol. The van der Waals surface area contributed by atoms with Crippen LogP contribution in [-0.2, 0) is 0 Å². The third-order valence-corrected chi connectivity index (χ3v) is 4.82. The molecule has 0 aliphatic carbocycles. The number of ether oxygens (including phenoxy) is 1. The first kappa shape index (κ1) is 18.1. The van der Waals surface area contributed by atoms with Gasteiger partial charge < -0.3 is 14.5 Å². The van der Waals surface area contributed by atoms with Crippen LogP contribution in [0.25, 0.3) is 17.4 Å². The van der Waals surface area contributed by atoms with E-state index in [-0.39, 0.29) is 5.24 Å². The van der Waals surface area contributed by atoms with Crippen LogP contribution in [0.2, 0.25) is 0 Å². The summed E-state index contributed by atoms with van der Waals surface area (Å²) in [6.07, 6.45) is 1.82. The lowest BCUT2D eigenvalue weighted by Gasteiger charge is -2.03. The molecule has 0 spiro atoms. The smallest absolute Gasteiger partial charge is 0.289 e. The van der Waals surface area contributed by atoms with Gasteiger partial charge in [0.25, 0.3) is 5.24 Å². The number of aliphatic imine (C=N–C) groups is 1. The van der Waals surface area contributed by atoms with Crippen LogP contribution in [0, 0.1) is 0 Å². The third-order valence-electron chi connectivity index (χ3n) is 4.00. The van der Waals surface area contributed by atoms with Crippen LogP contribution in [0.3, 0.4) is 0 Å². The van der Waals surface area contributed by atoms with Gasteiger partial charge in [-0.15, -0.1) is 0 Å². The van der Waals surface area contributed by atoms with Crippen LogP contribution >= 0.6 is 11.8 Å². The van der Waals surface area contributed by atoms with Gasteiger partial charge in [-0.05, 0) is 61.2 Å². The van der Waals surface area contributed by atoms with Gasteiger partial charge in [0.05, 0.1) is 17.2 Å². The molecule has 1 N–H and O–H groups in total. The van der Waals surface area contributed by atoms with Crippen LogP contribution in [-0.4, -0.2) is 17.7 Å². The van der Waals surface area contributed by atoms with E-state index in [0.717, 1.165) is 34.5 Å². The van der Waals surface area contributed by atoms with Crippen molar-refractivity contribution in [1.82, 2.24) is 5.32 Å². The standard InChI is InChI=1S/C22H18N2O3S/c1-2-26-17-10-8-16(9-11-17)23-21-20(28-22(25)24-21)14-18-12-13-19(27-18)15-6-4-3-5-7-15/h3-14H,2H2,1H3,(H,23,24,25). The summed E-state index contributed by atoms with van der Waals surface area (Å²) in [5.74, 6) is 2.74. The van der Waals surface area contributed by atoms with Gasteiger partial charge in [0.15, 0.2) is 0 Å². The Hall–Kier alpha value is -3.25. The molecule has 5 nitrogen and oxygen atoms in total. The summed E-state index contributed by atoms with van der Waals surface area (Å²) in [5.41, 5.74) is 1.74. The molecule has 1 aromatic heterocycles. The monoisotopic (exact) mass is 390 g/mol. The van der Waals surface area contributed by atoms with E-state index in [2.05, 4.69) is 10.3 Å². The summed E-state index contributed by atoms with van der Waals surface area (Å²) in [7, 11) is 0. The van der Waals surface area contributed by atoms with Gasteiger partial charge in [0.1, 0.15) is 23.1 Å². The zero-order valence-electron chi connectivity index (χ0n) is 15.2. The van der Waals surface area contributed by atoms with E-state index in [4.69, 9.17) is 9.15 Å². The van der Waals surface area contributed by atoms with Crippen LogP contribution < -0.4 is 10.1 Å². The number of rotatable bonds is 5. The molecule has 1 aliphatic rings. The number of nitrogens with zero attached hydrogens (tertiary/aromatic N) is 1. The van der Waals surface area contributed by atoms with Crippen LogP contribution in [0.15, 0.2) is 81.0 Å². The maximum Gasteiger partial charge on any atom is 0.289 e. The van der Waals surface area contributed by atoms with Crippen LogP contribution in [0.1, 0.15) is 12.7 Å². The van der Waals surface area contributed by atoms with Crippen molar-refractivity contribution < 1.29 is 13.9 Å². The number of thioether (sulfide) groups is 1. The molecule has 1 aliphatic heterocycles. The van der Waals surface area contributed by atoms with Crippen molar-refractivity contribution in [3.63, 3.8) is 0 Å². The molecule has 28 heavy (non-hydrogen) atoms. The summed E-state index contributed by atoms with van der Waals surface area (Å²) >= 11 is 1.10. The minimum absolute atomic E-state index is 0.161. The van der Waals surface area contributed by atoms with Crippen molar-refractivity contribution in [2.24, 2.45) is 4.99 Å². The van der Waals surface area contributed by atoms with E-state index in [0.29, 0.717) is 23.1 Å². The quantitative estimate of drug-likeness (QED) is 0.591. The zero-order chi connectivity index (χ0) is 19.3. The van der Waals surface area contributed by atoms with E-state index in [9.17, 15) is 4.79 Å². The van der Waals surface area contributed by atoms with E-state index in [1.165, 1.54) is 0 Å². The number of carbonyl (C=O) groups is 1. The first-order valence-corrected chi connectivity index (χ1v) is 9.70. The molecule has 3 aromatic rings. The number of carbonyl (C=O) groups excluding carboxylic acids is 1. The maximum atomic E-state index is 11.9. The lowest BCUT2D eigenvalue weighted by atomic mass is 10.2. The molecule has 0 unspecified atom stereocenters. The van der Waals surface area contributed by atoms with Gasteiger partial charge >= 0.3 is 0 Å². The summed E-state index contributed by atoms with van der Waals surface area (Å²) in [4.78, 5) is 17.2. The number of nitrogens with one attached hydrogen (secondary N) is 1. The van der Waals surface area contributed by atoms with Crippen molar-refractivity contribution in [2.75, 3.05) is 6.61 Å². The molecule has 2 heterocycles. The normalized spacial score (nSPS) is 16.5. The number of amidine groups is 1. The lowest BCUT2D eigenvalue weighted by Crippen LogP contribution is -2.18. The Balaban J connectivity index is 1.59. The van der Waals surface area contributed by atoms with Crippen molar-refractivity contribution in [3.8, 4) is 17.1 Å². The fraction of sp³-hybridized carbons (Fsp3) is 0.0909. The predicted octanol–water partition coefficient (Wildman–Crippen LogP) is 5.87. The average molecular weight is 390 g/mol. The largest absolute Gasteiger partial charge is 0.494 e. The van der Waals surface area contributed by atoms with Crippen molar-refractivity contribution in [2.45, 2.75) is 6.92 Å². The topological polar surface area (TPSA) is 63.8 Å². The highest BCUT2D eigenvalue weighted by Gasteiger charge is 2.24. The molecular weight excluding hydrogens is 372 g/mol. The fourth-order valence-corrected chi connectivity index (χ4v) is 3.46. The van der Waals surface area contributed by atoms with Gasteiger partial charge in [0, 0.05) is 5.56 Å². The second-order valence-corrected chi connectivity index (χ2v) is 6.99. The second kappa shape index (κ2) is 8.19. The molecule has 0 bridgehead atoms. The Labute approximate surface area is 167 Å². The first-order chi connectivity index (χ1) is 13.7. The van der Waals surface area contributed by atoms with Gasteiger partial charge in [-0.3, -0.25) is 4.79 Å². The number of furan rings is 1. The van der Waals surface area contributed by atoms with E-state index >= 15 is 0 Å². The molecule has 6 heteroatoms. The summed E-state index contributed by atoms with van der Waals surface area (Å²) < 4.78 is 11.3. The van der Waals surface area contributed by atoms with Gasteiger partial charge in [-0.2, -0.15) is 0 Å². The van der Waals surface area contributed by atoms with Crippen molar-refractivity contribution in [3.05, 3.63) is 77.4 Å². The molecule has 0 atom stereocenters. The van der Waals surface area contributed by atoms with E-state index < -0.39 is 0 Å². The van der Waals surface area contributed by atoms with Crippen molar-refractivity contribution >= 4 is 34.6 Å². The maximum absolute atomic E-state index is 11.9. The minimum Gasteiger partial charge on any atom is -0.494 e. The molecule has 4 rings (SSSR count). The molecule has 1 saturated heterocycles. The highest BCUT2D eigenvalue weighted by molar-refractivity contribution is 8.18. The van der Waals surface area contributed by atoms with Crippen LogP contribution in [0.5, 0.6) is 5.75 Å². The molecular formula is C22H18N2O3S. The number of hydrogen-bond acceptors (Lipinski definition) is 5. The number of hydrogen-bond donors (Lipinski definition) is 1. The van der Waals surface area contributed by atoms with E-state index in [1.54, 1.807) is 0 Å². The third kappa shape index (κ3) is 4.18. The number of amides is 1. The minimum atomic E-state index is -0.161. The molecule has 1 amide bonds. The second-order valence-electron chi connectivity index (χ2n) is 5.98. The highest BCUT2D eigenvalue weighted by Crippen LogP contribution is 2.30. The molecule has 2 aromatic carbocycles. The van der Waals surface area contributed by atoms with Crippen molar-refractivity contribution in [1.29, 1.82) is 0 Å². The zero-order valence-corrected chi connectivity index (χ0v) is 16.0. The van der Waals surface area contributed by atoms with E-state index in [1.807, 2.05) is 79.7 Å². The molecule has 0 radical (unpaired) electrons. The Morgan fingerprint density at radius 2 is 1.86 bits per heavy atom. The Morgan fingerprint density at radius 3 is 2.61 bits per heavy atom. The summed E-state index contributed by atoms with van der Waals surface area (Å²) in [6, 6.07) is 21.1. The van der Waals surface area contributed by atoms with Crippen LogP contribution in [0.4, 0.5) is 10.5 Å². The summed E-state index contributed by atoms with van der Waals surface area (Å²) in [5, 5.41) is 2.62. The van der Waals surface area contributed by atoms with Gasteiger partial charge in [0.2, 0.25) is 0 Å². The van der Waals surface area contributed by atoms with Gasteiger partial charge in [-0.25, -0.2) is 4.99 Å². The first-order valence-electron chi connectivity index (χ1n) is 8.89. The van der Waals surface area contributed by atoms with Gasteiger partial charge in [-0.1, -0.05) is 30.3 Å². The Morgan fingerprint density at radius 1 is 1.07 bits per heavy atom. The molecule has 140 valence electrons. The lowest BCUT2D eigenvalue weighted by molar-refractivity contribution is 0.265.